The number of pyridine rings is 1. The Morgan fingerprint density at radius 1 is 1.08 bits per heavy atom. The van der Waals surface area contributed by atoms with E-state index in [1.54, 1.807) is 13.0 Å². The Bertz CT molecular complexity index is 1290. The molecule has 2 heterocycles. The highest BCUT2D eigenvalue weighted by atomic mass is 32.2. The van der Waals surface area contributed by atoms with Crippen LogP contribution >= 0.6 is 0 Å². The van der Waals surface area contributed by atoms with Gasteiger partial charge in [0.15, 0.2) is 5.54 Å². The standard InChI is InChI=1S/C24H25F6N3O4S/c1-15-4-9-20(31-13-15)18-12-22(24(28,29)30,33-21(34)19(18)14-32-38(2,35)36)16-5-7-17(8-6-16)37-11-3-10-23(25,26)27/h4-9,13,32H,3,10-12,14H2,1-2H3,(H,33,34)/t22-/m0/s1. The van der Waals surface area contributed by atoms with Crippen LogP contribution in [0.25, 0.3) is 5.57 Å². The summed E-state index contributed by atoms with van der Waals surface area (Å²) in [5.74, 6) is -1.07. The zero-order chi connectivity index (χ0) is 28.4. The Kier molecular flexibility index (Phi) is 8.46. The summed E-state index contributed by atoms with van der Waals surface area (Å²) >= 11 is 0. The highest BCUT2D eigenvalue weighted by molar-refractivity contribution is 7.88. The van der Waals surface area contributed by atoms with Crippen molar-refractivity contribution in [1.29, 1.82) is 0 Å². The number of halogens is 6. The molecule has 2 aromatic rings. The molecule has 1 aromatic carbocycles. The van der Waals surface area contributed by atoms with Gasteiger partial charge in [-0.05, 0) is 48.2 Å². The van der Waals surface area contributed by atoms with Crippen LogP contribution in [-0.2, 0) is 20.4 Å². The number of aromatic nitrogens is 1. The van der Waals surface area contributed by atoms with Gasteiger partial charge in [-0.15, -0.1) is 0 Å². The fraction of sp³-hybridized carbons (Fsp3) is 0.417. The third kappa shape index (κ3) is 7.25. The van der Waals surface area contributed by atoms with Gasteiger partial charge in [-0.2, -0.15) is 26.3 Å². The van der Waals surface area contributed by atoms with E-state index in [0.717, 1.165) is 24.0 Å². The van der Waals surface area contributed by atoms with Gasteiger partial charge in [0.05, 0.1) is 18.6 Å². The van der Waals surface area contributed by atoms with E-state index in [2.05, 4.69) is 9.71 Å². The van der Waals surface area contributed by atoms with Crippen molar-refractivity contribution in [2.24, 2.45) is 0 Å². The number of amides is 1. The third-order valence-corrected chi connectivity index (χ3v) is 6.51. The van der Waals surface area contributed by atoms with Gasteiger partial charge < -0.3 is 10.1 Å². The zero-order valence-electron chi connectivity index (χ0n) is 20.3. The first-order valence-corrected chi connectivity index (χ1v) is 13.2. The number of aryl methyl sites for hydroxylation is 1. The van der Waals surface area contributed by atoms with Crippen LogP contribution in [0, 0.1) is 6.92 Å². The average molecular weight is 566 g/mol. The third-order valence-electron chi connectivity index (χ3n) is 5.84. The number of rotatable bonds is 9. The van der Waals surface area contributed by atoms with Crippen molar-refractivity contribution in [3.8, 4) is 5.75 Å². The average Bonchev–Trinajstić information content (AvgIpc) is 2.79. The van der Waals surface area contributed by atoms with Crippen molar-refractivity contribution in [2.75, 3.05) is 19.4 Å². The van der Waals surface area contributed by atoms with Crippen molar-refractivity contribution >= 4 is 21.5 Å². The van der Waals surface area contributed by atoms with Gasteiger partial charge in [0, 0.05) is 31.2 Å². The predicted octanol–water partition coefficient (Wildman–Crippen LogP) is 4.39. The molecule has 0 fully saturated rings. The maximum atomic E-state index is 14.7. The van der Waals surface area contributed by atoms with Gasteiger partial charge in [-0.1, -0.05) is 18.2 Å². The molecule has 1 aliphatic rings. The van der Waals surface area contributed by atoms with E-state index in [1.165, 1.54) is 24.4 Å². The van der Waals surface area contributed by atoms with Crippen molar-refractivity contribution in [3.63, 3.8) is 0 Å². The van der Waals surface area contributed by atoms with Crippen LogP contribution < -0.4 is 14.8 Å². The number of benzene rings is 1. The normalized spacial score (nSPS) is 18.9. The maximum absolute atomic E-state index is 14.7. The molecule has 14 heteroatoms. The molecule has 1 amide bonds. The van der Waals surface area contributed by atoms with Gasteiger partial charge in [0.2, 0.25) is 15.9 Å². The minimum absolute atomic E-state index is 0.0596. The molecular formula is C24H25F6N3O4S. The number of nitrogens with zero attached hydrogens (tertiary/aromatic N) is 1. The lowest BCUT2D eigenvalue weighted by molar-refractivity contribution is -0.201. The van der Waals surface area contributed by atoms with E-state index in [9.17, 15) is 39.6 Å². The lowest BCUT2D eigenvalue weighted by atomic mass is 9.77. The minimum atomic E-state index is -5.00. The smallest absolute Gasteiger partial charge is 0.416 e. The Balaban J connectivity index is 1.99. The summed E-state index contributed by atoms with van der Waals surface area (Å²) in [5, 5.41) is 2.02. The molecule has 0 unspecified atom stereocenters. The lowest BCUT2D eigenvalue weighted by Crippen LogP contribution is -2.59. The summed E-state index contributed by atoms with van der Waals surface area (Å²) < 4.78 is 111. The van der Waals surface area contributed by atoms with E-state index in [1.807, 2.05) is 5.32 Å². The molecule has 0 radical (unpaired) electrons. The maximum Gasteiger partial charge on any atom is 0.416 e. The summed E-state index contributed by atoms with van der Waals surface area (Å²) in [6.07, 6.45) is -9.25. The summed E-state index contributed by atoms with van der Waals surface area (Å²) in [6.45, 7) is 0.883. The SMILES string of the molecule is Cc1ccc(C2=C(CNS(C)(=O)=O)C(=O)N[C@@](c3ccc(OCCCC(F)(F)F)cc3)(C(F)(F)F)C2)nc1. The Hall–Kier alpha value is -3.13. The molecule has 38 heavy (non-hydrogen) atoms. The highest BCUT2D eigenvalue weighted by Crippen LogP contribution is 2.48. The Morgan fingerprint density at radius 2 is 1.74 bits per heavy atom. The first kappa shape index (κ1) is 29.4. The van der Waals surface area contributed by atoms with Gasteiger partial charge in [0.25, 0.3) is 0 Å². The molecule has 1 aromatic heterocycles. The lowest BCUT2D eigenvalue weighted by Gasteiger charge is -2.41. The van der Waals surface area contributed by atoms with E-state index in [-0.39, 0.29) is 41.2 Å². The second-order valence-electron chi connectivity index (χ2n) is 8.90. The van der Waals surface area contributed by atoms with Crippen LogP contribution in [0.5, 0.6) is 5.75 Å². The van der Waals surface area contributed by atoms with E-state index in [0.29, 0.717) is 0 Å². The van der Waals surface area contributed by atoms with Crippen LogP contribution in [0.15, 0.2) is 48.2 Å². The molecule has 208 valence electrons. The fourth-order valence-electron chi connectivity index (χ4n) is 3.91. The highest BCUT2D eigenvalue weighted by Gasteiger charge is 2.59. The molecule has 7 nitrogen and oxygen atoms in total. The van der Waals surface area contributed by atoms with Crippen LogP contribution in [0.2, 0.25) is 0 Å². The molecule has 1 aliphatic heterocycles. The van der Waals surface area contributed by atoms with Crippen LogP contribution in [0.4, 0.5) is 26.3 Å². The monoisotopic (exact) mass is 565 g/mol. The second kappa shape index (κ2) is 10.9. The predicted molar refractivity (Wildman–Crippen MR) is 126 cm³/mol. The largest absolute Gasteiger partial charge is 0.494 e. The molecule has 0 aliphatic carbocycles. The summed E-state index contributed by atoms with van der Waals surface area (Å²) in [5.41, 5.74) is -2.74. The van der Waals surface area contributed by atoms with Gasteiger partial charge >= 0.3 is 12.4 Å². The van der Waals surface area contributed by atoms with Crippen LogP contribution in [-0.4, -0.2) is 51.1 Å². The molecule has 0 bridgehead atoms. The van der Waals surface area contributed by atoms with Gasteiger partial charge in [-0.3, -0.25) is 9.78 Å². The van der Waals surface area contributed by atoms with Gasteiger partial charge in [-0.25, -0.2) is 13.1 Å². The second-order valence-corrected chi connectivity index (χ2v) is 10.7. The Morgan fingerprint density at radius 3 is 2.26 bits per heavy atom. The molecular weight excluding hydrogens is 540 g/mol. The topological polar surface area (TPSA) is 97.4 Å². The van der Waals surface area contributed by atoms with Crippen molar-refractivity contribution < 1.29 is 44.3 Å². The Labute approximate surface area is 215 Å². The van der Waals surface area contributed by atoms with Crippen molar-refractivity contribution in [2.45, 2.75) is 44.1 Å². The molecule has 3 rings (SSSR count). The first-order chi connectivity index (χ1) is 17.5. The molecule has 2 N–H and O–H groups in total. The molecule has 0 spiro atoms. The van der Waals surface area contributed by atoms with Crippen LogP contribution in [0.3, 0.4) is 0 Å². The molecule has 0 saturated carbocycles. The number of nitrogens with one attached hydrogen (secondary N) is 2. The van der Waals surface area contributed by atoms with Crippen molar-refractivity contribution in [3.05, 3.63) is 65.0 Å². The number of hydrogen-bond acceptors (Lipinski definition) is 5. The van der Waals surface area contributed by atoms with E-state index in [4.69, 9.17) is 4.74 Å². The van der Waals surface area contributed by atoms with Crippen molar-refractivity contribution in [1.82, 2.24) is 15.0 Å². The number of ether oxygens (including phenoxy) is 1. The summed E-state index contributed by atoms with van der Waals surface area (Å²) in [6, 6.07) is 7.56. The number of carbonyl (C=O) groups excluding carboxylic acids is 1. The summed E-state index contributed by atoms with van der Waals surface area (Å²) in [4.78, 5) is 17.2. The minimum Gasteiger partial charge on any atom is -0.494 e. The molecule has 1 atom stereocenters. The van der Waals surface area contributed by atoms with Crippen LogP contribution in [0.1, 0.15) is 36.1 Å². The fourth-order valence-corrected chi connectivity index (χ4v) is 4.32. The molecule has 0 saturated heterocycles. The van der Waals surface area contributed by atoms with Gasteiger partial charge in [0.1, 0.15) is 5.75 Å². The quantitative estimate of drug-likeness (QED) is 0.347. The number of hydrogen-bond donors (Lipinski definition) is 2. The zero-order valence-corrected chi connectivity index (χ0v) is 21.1. The van der Waals surface area contributed by atoms with E-state index >= 15 is 0 Å². The van der Waals surface area contributed by atoms with E-state index < -0.39 is 53.2 Å². The number of carbonyl (C=O) groups is 1. The number of alkyl halides is 6. The number of sulfonamides is 1. The summed E-state index contributed by atoms with van der Waals surface area (Å²) in [7, 11) is -3.77. The first-order valence-electron chi connectivity index (χ1n) is 11.3.